The van der Waals surface area contributed by atoms with Gasteiger partial charge in [-0.3, -0.25) is 0 Å². The zero-order valence-electron chi connectivity index (χ0n) is 19.7. The lowest BCUT2D eigenvalue weighted by molar-refractivity contribution is -0.212. The predicted molar refractivity (Wildman–Crippen MR) is 131 cm³/mol. The van der Waals surface area contributed by atoms with Crippen molar-refractivity contribution in [3.05, 3.63) is 59.4 Å². The van der Waals surface area contributed by atoms with E-state index in [1.54, 1.807) is 36.3 Å². The molecule has 0 aromatic carbocycles. The summed E-state index contributed by atoms with van der Waals surface area (Å²) in [5.74, 6) is 6.71. The van der Waals surface area contributed by atoms with E-state index in [0.29, 0.717) is 47.3 Å². The minimum absolute atomic E-state index is 0.107. The molecule has 0 fully saturated rings. The molecule has 0 aliphatic rings. The first kappa shape index (κ1) is 25.8. The van der Waals surface area contributed by atoms with Crippen molar-refractivity contribution in [1.29, 1.82) is 0 Å². The van der Waals surface area contributed by atoms with Crippen molar-refractivity contribution in [2.75, 3.05) is 17.6 Å². The van der Waals surface area contributed by atoms with Crippen LogP contribution in [0.25, 0.3) is 11.4 Å². The molecule has 0 radical (unpaired) electrons. The quantitative estimate of drug-likeness (QED) is 0.272. The summed E-state index contributed by atoms with van der Waals surface area (Å²) in [5.41, 5.74) is 7.54. The topological polar surface area (TPSA) is 122 Å². The van der Waals surface area contributed by atoms with Gasteiger partial charge in [0.05, 0.1) is 35.3 Å². The maximum atomic E-state index is 12.7. The maximum absolute atomic E-state index is 12.7. The second-order valence-electron chi connectivity index (χ2n) is 7.88. The van der Waals surface area contributed by atoms with Crippen LogP contribution in [0.5, 0.6) is 5.88 Å². The molecule has 0 amide bonds. The van der Waals surface area contributed by atoms with E-state index in [1.807, 2.05) is 6.92 Å². The van der Waals surface area contributed by atoms with Crippen LogP contribution < -0.4 is 15.8 Å². The molecule has 14 heteroatoms. The zero-order valence-corrected chi connectivity index (χ0v) is 20.4. The van der Waals surface area contributed by atoms with Crippen LogP contribution in [-0.4, -0.2) is 47.2 Å². The lowest BCUT2D eigenvalue weighted by Gasteiger charge is -2.17. The molecule has 0 bridgehead atoms. The molecule has 0 saturated heterocycles. The third-order valence-corrected chi connectivity index (χ3v) is 5.24. The number of ether oxygens (including phenoxy) is 1. The van der Waals surface area contributed by atoms with E-state index in [2.05, 4.69) is 42.3 Å². The number of pyridine rings is 1. The fraction of sp³-hybridized carbons (Fsp3) is 0.261. The van der Waals surface area contributed by atoms with Crippen molar-refractivity contribution in [2.45, 2.75) is 25.7 Å². The summed E-state index contributed by atoms with van der Waals surface area (Å²) >= 11 is 6.04. The Morgan fingerprint density at radius 2 is 2.00 bits per heavy atom. The molecule has 0 saturated carbocycles. The van der Waals surface area contributed by atoms with Gasteiger partial charge in [0, 0.05) is 38.6 Å². The number of nitrogen functional groups attached to an aromatic ring is 1. The molecule has 192 valence electrons. The van der Waals surface area contributed by atoms with Crippen molar-refractivity contribution in [2.24, 2.45) is 7.05 Å². The number of anilines is 2. The lowest BCUT2D eigenvalue weighted by Crippen LogP contribution is -2.19. The summed E-state index contributed by atoms with van der Waals surface area (Å²) in [4.78, 5) is 12.5. The molecule has 1 atom stereocenters. The Balaban J connectivity index is 1.41. The molecular formula is C23H21ClF3N9O. The zero-order chi connectivity index (χ0) is 26.6. The Kier molecular flexibility index (Phi) is 7.49. The smallest absolute Gasteiger partial charge is 0.474 e. The number of hydrogen-bond acceptors (Lipinski definition) is 8. The number of hydrogen-bond donors (Lipinski definition) is 2. The number of aromatic nitrogens is 7. The molecule has 3 N–H and O–H groups in total. The third-order valence-electron chi connectivity index (χ3n) is 5.04. The monoisotopic (exact) mass is 531 g/mol. The van der Waals surface area contributed by atoms with E-state index in [4.69, 9.17) is 22.1 Å². The normalized spacial score (nSPS) is 12.1. The first-order valence-corrected chi connectivity index (χ1v) is 11.3. The lowest BCUT2D eigenvalue weighted by atomic mass is 10.2. The molecule has 0 spiro atoms. The molecule has 4 rings (SSSR count). The first-order chi connectivity index (χ1) is 17.6. The van der Waals surface area contributed by atoms with Crippen molar-refractivity contribution in [3.8, 4) is 29.1 Å². The van der Waals surface area contributed by atoms with Gasteiger partial charge in [-0.25, -0.2) is 19.6 Å². The number of alkyl halides is 3. The highest BCUT2D eigenvalue weighted by Gasteiger charge is 2.31. The molecule has 4 aromatic heterocycles. The van der Waals surface area contributed by atoms with Gasteiger partial charge in [-0.15, -0.1) is 13.2 Å². The Hall–Kier alpha value is -4.31. The molecular weight excluding hydrogens is 511 g/mol. The molecule has 0 aliphatic heterocycles. The summed E-state index contributed by atoms with van der Waals surface area (Å²) in [6, 6.07) is 3.18. The van der Waals surface area contributed by atoms with Gasteiger partial charge in [0.1, 0.15) is 16.5 Å². The highest BCUT2D eigenvalue weighted by Crippen LogP contribution is 2.28. The van der Waals surface area contributed by atoms with E-state index in [0.717, 1.165) is 12.4 Å². The van der Waals surface area contributed by atoms with Crippen LogP contribution in [0.1, 0.15) is 24.5 Å². The fourth-order valence-electron chi connectivity index (χ4n) is 3.22. The highest BCUT2D eigenvalue weighted by molar-refractivity contribution is 6.29. The van der Waals surface area contributed by atoms with Gasteiger partial charge in [0.25, 0.3) is 0 Å². The Labute approximate surface area is 214 Å². The van der Waals surface area contributed by atoms with E-state index in [9.17, 15) is 13.2 Å². The summed E-state index contributed by atoms with van der Waals surface area (Å²) in [7, 11) is 1.75. The largest absolute Gasteiger partial charge is 0.504 e. The highest BCUT2D eigenvalue weighted by atomic mass is 35.5. The number of nitrogens with one attached hydrogen (secondary N) is 1. The summed E-state index contributed by atoms with van der Waals surface area (Å²) < 4.78 is 45.8. The molecule has 37 heavy (non-hydrogen) atoms. The number of nitrogens with zero attached hydrogens (tertiary/aromatic N) is 7. The van der Waals surface area contributed by atoms with E-state index < -0.39 is 6.30 Å². The maximum Gasteiger partial charge on any atom is 0.504 e. The van der Waals surface area contributed by atoms with Crippen LogP contribution in [0.4, 0.5) is 24.7 Å². The number of aryl methyl sites for hydroxylation is 1. The predicted octanol–water partition coefficient (Wildman–Crippen LogP) is 3.85. The van der Waals surface area contributed by atoms with E-state index >= 15 is 0 Å². The molecule has 4 aromatic rings. The Morgan fingerprint density at radius 3 is 2.73 bits per heavy atom. The average Bonchev–Trinajstić information content (AvgIpc) is 3.46. The van der Waals surface area contributed by atoms with Gasteiger partial charge in [0.2, 0.25) is 5.88 Å². The number of rotatable bonds is 7. The van der Waals surface area contributed by atoms with Crippen molar-refractivity contribution < 1.29 is 17.9 Å². The molecule has 0 aliphatic carbocycles. The number of nitrogens with two attached hydrogens (primary N) is 1. The number of halogens is 4. The molecule has 0 unspecified atom stereocenters. The Bertz CT molecular complexity index is 1460. The van der Waals surface area contributed by atoms with Crippen molar-refractivity contribution >= 4 is 23.1 Å². The van der Waals surface area contributed by atoms with Gasteiger partial charge >= 0.3 is 6.30 Å². The second-order valence-corrected chi connectivity index (χ2v) is 8.27. The van der Waals surface area contributed by atoms with E-state index in [-0.39, 0.29) is 21.5 Å². The van der Waals surface area contributed by atoms with Gasteiger partial charge in [-0.05, 0) is 19.1 Å². The summed E-state index contributed by atoms with van der Waals surface area (Å²) in [6.45, 7) is 2.38. The summed E-state index contributed by atoms with van der Waals surface area (Å²) in [5, 5.41) is 11.0. The van der Waals surface area contributed by atoms with E-state index in [1.165, 1.54) is 6.20 Å². The van der Waals surface area contributed by atoms with Crippen LogP contribution in [-0.2, 0) is 13.3 Å². The van der Waals surface area contributed by atoms with Gasteiger partial charge < -0.3 is 15.8 Å². The van der Waals surface area contributed by atoms with Crippen molar-refractivity contribution in [3.63, 3.8) is 0 Å². The molecule has 4 heterocycles. The van der Waals surface area contributed by atoms with Crippen LogP contribution in [0.15, 0.2) is 43.1 Å². The SMILES string of the molecule is C[C@@H](CCNc1cc(Cl)ncc1C#Cc1cnn(C(F)(F)F)c1)Oc1c(-c2nccc(N)n2)cnn1C. The van der Waals surface area contributed by atoms with Crippen LogP contribution in [0.3, 0.4) is 0 Å². The van der Waals surface area contributed by atoms with Crippen LogP contribution >= 0.6 is 11.6 Å². The van der Waals surface area contributed by atoms with Crippen LogP contribution in [0.2, 0.25) is 5.15 Å². The minimum Gasteiger partial charge on any atom is -0.474 e. The minimum atomic E-state index is -4.61. The third kappa shape index (κ3) is 6.47. The van der Waals surface area contributed by atoms with Gasteiger partial charge in [0.15, 0.2) is 5.82 Å². The first-order valence-electron chi connectivity index (χ1n) is 10.9. The molecule has 10 nitrogen and oxygen atoms in total. The Morgan fingerprint density at radius 1 is 1.19 bits per heavy atom. The van der Waals surface area contributed by atoms with Gasteiger partial charge in [-0.2, -0.15) is 14.9 Å². The fourth-order valence-corrected chi connectivity index (χ4v) is 3.38. The van der Waals surface area contributed by atoms with Crippen molar-refractivity contribution in [1.82, 2.24) is 34.5 Å². The standard InChI is InChI=1S/C23H21ClF3N9O/c1-14(37-22-17(12-32-35(22)2)21-30-8-6-20(28)34-21)5-7-29-18-9-19(24)31-11-16(18)4-3-15-10-33-36(13-15)23(25,26)27/h6,8-14H,5,7H2,1-2H3,(H,29,31)(H2,28,30,34)/t14-/m0/s1. The van der Waals surface area contributed by atoms with Gasteiger partial charge in [-0.1, -0.05) is 23.4 Å². The van der Waals surface area contributed by atoms with Crippen LogP contribution in [0, 0.1) is 11.8 Å². The summed E-state index contributed by atoms with van der Waals surface area (Å²) in [6.07, 6.45) is 2.20. The second kappa shape index (κ2) is 10.8. The average molecular weight is 532 g/mol.